The van der Waals surface area contributed by atoms with E-state index in [4.69, 9.17) is 14.3 Å². The largest absolute Gasteiger partial charge is 0.569 e. The number of aryl methyl sites for hydroxylation is 1. The molecule has 47 heavy (non-hydrogen) atoms. The van der Waals surface area contributed by atoms with Crippen molar-refractivity contribution in [3.63, 3.8) is 0 Å². The minimum atomic E-state index is -4.71. The predicted octanol–water partition coefficient (Wildman–Crippen LogP) is 5.10. The van der Waals surface area contributed by atoms with Gasteiger partial charge in [0.1, 0.15) is 0 Å². The maximum absolute atomic E-state index is 13.5. The number of hydrogen-bond acceptors (Lipinski definition) is 10. The predicted molar refractivity (Wildman–Crippen MR) is 158 cm³/mol. The van der Waals surface area contributed by atoms with Crippen LogP contribution in [0.1, 0.15) is 44.9 Å². The van der Waals surface area contributed by atoms with Gasteiger partial charge < -0.3 is 14.7 Å². The maximum atomic E-state index is 13.5. The molecular formula is C29H33F3N6O8S. The number of benzene rings is 2. The monoisotopic (exact) mass is 682 g/mol. The lowest BCUT2D eigenvalue weighted by atomic mass is 9.97. The van der Waals surface area contributed by atoms with E-state index >= 15 is 0 Å². The van der Waals surface area contributed by atoms with Crippen molar-refractivity contribution < 1.29 is 50.5 Å². The van der Waals surface area contributed by atoms with E-state index in [2.05, 4.69) is 10.4 Å². The first-order valence-electron chi connectivity index (χ1n) is 14.4. The van der Waals surface area contributed by atoms with Crippen molar-refractivity contribution in [1.82, 2.24) is 19.5 Å². The van der Waals surface area contributed by atoms with E-state index in [-0.39, 0.29) is 47.2 Å². The topological polar surface area (TPSA) is 167 Å². The maximum Gasteiger partial charge on any atom is 0.511 e. The number of hydrogen-bond donors (Lipinski definition) is 1. The van der Waals surface area contributed by atoms with Crippen molar-refractivity contribution in [2.45, 2.75) is 64.0 Å². The quantitative estimate of drug-likeness (QED) is 0.0999. The third kappa shape index (κ3) is 9.11. The summed E-state index contributed by atoms with van der Waals surface area (Å²) in [5.74, 6) is -1.53. The summed E-state index contributed by atoms with van der Waals surface area (Å²) in [5.41, 5.74) is 0.591. The standard InChI is InChI=1S/C29H33F3N6O8S/c1-18(2)44-28(40)45-20(4)46-35-38(41)36-15-13-22(14-16-36)27(39)34-47(42,43)24-11-9-23(10-12-24)37-25(17-26(33-37)29(30,31)32)21-7-5-19(3)6-8-21/h5-12,17-18,20,22H,13-16H2,1-4H3,(H,34,39)/b38-35-. The number of alkyl halides is 3. The van der Waals surface area contributed by atoms with Crippen LogP contribution in [-0.2, 0) is 35.3 Å². The number of nitrogens with zero attached hydrogens (tertiary/aromatic N) is 5. The minimum absolute atomic E-state index is 0.0426. The van der Waals surface area contributed by atoms with Crippen LogP contribution in [0.15, 0.2) is 64.8 Å². The zero-order valence-electron chi connectivity index (χ0n) is 25.8. The van der Waals surface area contributed by atoms with Crippen LogP contribution in [0.5, 0.6) is 0 Å². The molecule has 1 fully saturated rings. The molecule has 1 unspecified atom stereocenters. The Morgan fingerprint density at radius 3 is 2.23 bits per heavy atom. The highest BCUT2D eigenvalue weighted by Gasteiger charge is 2.36. The van der Waals surface area contributed by atoms with E-state index in [0.717, 1.165) is 28.4 Å². The van der Waals surface area contributed by atoms with Gasteiger partial charge in [0, 0.05) is 18.4 Å². The van der Waals surface area contributed by atoms with Gasteiger partial charge in [-0.15, -0.1) is 5.01 Å². The average Bonchev–Trinajstić information content (AvgIpc) is 3.46. The van der Waals surface area contributed by atoms with Crippen LogP contribution in [0.2, 0.25) is 0 Å². The van der Waals surface area contributed by atoms with Gasteiger partial charge in [0.05, 0.1) is 40.4 Å². The number of sulfonamides is 1. The molecule has 0 saturated carbocycles. The summed E-state index contributed by atoms with van der Waals surface area (Å²) in [4.78, 5) is 29.0. The number of carbonyl (C=O) groups excluding carboxylic acids is 2. The Morgan fingerprint density at radius 1 is 1.04 bits per heavy atom. The molecule has 1 aliphatic rings. The highest BCUT2D eigenvalue weighted by atomic mass is 32.2. The molecule has 18 heteroatoms. The van der Waals surface area contributed by atoms with Gasteiger partial charge in [-0.05, 0) is 63.9 Å². The number of carbonyl (C=O) groups is 2. The molecule has 0 spiro atoms. The summed E-state index contributed by atoms with van der Waals surface area (Å²) in [6, 6.07) is 12.6. The highest BCUT2D eigenvalue weighted by molar-refractivity contribution is 7.90. The third-order valence-electron chi connectivity index (χ3n) is 6.92. The van der Waals surface area contributed by atoms with Crippen LogP contribution in [0, 0.1) is 18.0 Å². The SMILES string of the molecule is Cc1ccc(-c2cc(C(F)(F)F)nn2-c2ccc(S(=O)(=O)NC(=O)C3CCN(/[N+]([O-])=N/OC(C)OC(=O)OC(C)C)CC3)cc2)cc1. The summed E-state index contributed by atoms with van der Waals surface area (Å²) in [5, 5.41) is 20.5. The second-order valence-corrected chi connectivity index (χ2v) is 12.6. The normalized spacial score (nSPS) is 15.3. The molecule has 0 bridgehead atoms. The first-order valence-corrected chi connectivity index (χ1v) is 15.9. The molecule has 1 aromatic heterocycles. The highest BCUT2D eigenvalue weighted by Crippen LogP contribution is 2.33. The number of halogens is 3. The lowest BCUT2D eigenvalue weighted by Crippen LogP contribution is -2.44. The summed E-state index contributed by atoms with van der Waals surface area (Å²) >= 11 is 0. The van der Waals surface area contributed by atoms with E-state index < -0.39 is 52.3 Å². The van der Waals surface area contributed by atoms with Crippen LogP contribution in [0.4, 0.5) is 18.0 Å². The van der Waals surface area contributed by atoms with E-state index in [9.17, 15) is 36.4 Å². The average molecular weight is 683 g/mol. The second-order valence-electron chi connectivity index (χ2n) is 10.9. The summed E-state index contributed by atoms with van der Waals surface area (Å²) in [7, 11) is -4.34. The lowest BCUT2D eigenvalue weighted by Gasteiger charge is -2.27. The van der Waals surface area contributed by atoms with E-state index in [1.54, 1.807) is 38.1 Å². The first kappa shape index (κ1) is 35.0. The van der Waals surface area contributed by atoms with Gasteiger partial charge in [-0.3, -0.25) is 9.63 Å². The van der Waals surface area contributed by atoms with E-state index in [1.807, 2.05) is 11.6 Å². The van der Waals surface area contributed by atoms with Gasteiger partial charge in [0.2, 0.25) is 11.2 Å². The number of rotatable bonds is 10. The van der Waals surface area contributed by atoms with Crippen LogP contribution in [0.25, 0.3) is 16.9 Å². The summed E-state index contributed by atoms with van der Waals surface area (Å²) in [6.45, 7) is 6.50. The van der Waals surface area contributed by atoms with Crippen molar-refractivity contribution in [1.29, 1.82) is 0 Å². The van der Waals surface area contributed by atoms with Gasteiger partial charge in [-0.2, -0.15) is 18.3 Å². The summed E-state index contributed by atoms with van der Waals surface area (Å²) in [6.07, 6.45) is -7.11. The molecule has 1 amide bonds. The van der Waals surface area contributed by atoms with E-state index in [0.29, 0.717) is 5.56 Å². The fraction of sp³-hybridized carbons (Fsp3) is 0.414. The fourth-order valence-corrected chi connectivity index (χ4v) is 5.57. The van der Waals surface area contributed by atoms with Gasteiger partial charge in [0.15, 0.2) is 5.69 Å². The van der Waals surface area contributed by atoms with Gasteiger partial charge in [-0.1, -0.05) is 29.8 Å². The van der Waals surface area contributed by atoms with Crippen molar-refractivity contribution >= 4 is 22.1 Å². The molecule has 1 N–H and O–H groups in total. The molecule has 1 saturated heterocycles. The number of piperidine rings is 1. The number of nitrogens with one attached hydrogen (secondary N) is 1. The van der Waals surface area contributed by atoms with Crippen molar-refractivity contribution in [3.8, 4) is 16.9 Å². The van der Waals surface area contributed by atoms with Gasteiger partial charge in [0.25, 0.3) is 16.3 Å². The Balaban J connectivity index is 1.37. The zero-order chi connectivity index (χ0) is 34.5. The van der Waals surface area contributed by atoms with Gasteiger partial charge >= 0.3 is 12.3 Å². The molecule has 3 aromatic rings. The lowest BCUT2D eigenvalue weighted by molar-refractivity contribution is -0.715. The second kappa shape index (κ2) is 14.3. The number of ether oxygens (including phenoxy) is 2. The number of amides is 1. The number of aromatic nitrogens is 2. The van der Waals surface area contributed by atoms with Crippen LogP contribution >= 0.6 is 0 Å². The zero-order valence-corrected chi connectivity index (χ0v) is 26.6. The van der Waals surface area contributed by atoms with Crippen LogP contribution < -0.4 is 4.72 Å². The molecule has 0 aliphatic carbocycles. The minimum Gasteiger partial charge on any atom is -0.569 e. The molecule has 2 aromatic carbocycles. The van der Waals surface area contributed by atoms with Crippen molar-refractivity contribution in [3.05, 3.63) is 71.1 Å². The van der Waals surface area contributed by atoms with Crippen LogP contribution in [0.3, 0.4) is 0 Å². The Kier molecular flexibility index (Phi) is 10.6. The van der Waals surface area contributed by atoms with Crippen molar-refractivity contribution in [2.24, 2.45) is 11.2 Å². The molecule has 2 heterocycles. The smallest absolute Gasteiger partial charge is 0.511 e. The van der Waals surface area contributed by atoms with Crippen molar-refractivity contribution in [2.75, 3.05) is 13.1 Å². The Morgan fingerprint density at radius 2 is 1.66 bits per heavy atom. The first-order chi connectivity index (χ1) is 22.0. The Labute approximate surface area is 268 Å². The van der Waals surface area contributed by atoms with Gasteiger partial charge in [-0.25, -0.2) is 22.6 Å². The van der Waals surface area contributed by atoms with E-state index in [1.165, 1.54) is 24.1 Å². The molecule has 1 aliphatic heterocycles. The molecule has 4 rings (SSSR count). The Hall–Kier alpha value is -4.87. The van der Waals surface area contributed by atoms with Crippen LogP contribution in [-0.4, -0.2) is 65.7 Å². The third-order valence-corrected chi connectivity index (χ3v) is 8.28. The fourth-order valence-electron chi connectivity index (χ4n) is 4.52. The molecule has 254 valence electrons. The molecule has 1 atom stereocenters. The number of hydrazine groups is 1. The Bertz CT molecular complexity index is 1700. The molecule has 0 radical (unpaired) electrons. The molecular weight excluding hydrogens is 649 g/mol. The molecule has 14 nitrogen and oxygen atoms in total. The summed E-state index contributed by atoms with van der Waals surface area (Å²) < 4.78 is 79.2.